The summed E-state index contributed by atoms with van der Waals surface area (Å²) >= 11 is 1.39. The van der Waals surface area contributed by atoms with Crippen molar-refractivity contribution in [1.29, 1.82) is 0 Å². The van der Waals surface area contributed by atoms with Crippen LogP contribution in [-0.2, 0) is 9.53 Å². The van der Waals surface area contributed by atoms with E-state index in [1.54, 1.807) is 47.9 Å². The van der Waals surface area contributed by atoms with Gasteiger partial charge in [-0.3, -0.25) is 9.59 Å². The molecule has 2 heterocycles. The SMILES string of the molecule is CCOC(=O)N1CCN(C(=O)c2ccc3c(c2)N(C)C(=O)C(=Cc2ccc(OC)cc2)S3)CC1. The van der Waals surface area contributed by atoms with Crippen LogP contribution in [-0.4, -0.2) is 74.7 Å². The molecule has 2 aromatic carbocycles. The highest BCUT2D eigenvalue weighted by atomic mass is 32.2. The lowest BCUT2D eigenvalue weighted by molar-refractivity contribution is -0.114. The van der Waals surface area contributed by atoms with E-state index in [0.29, 0.717) is 48.9 Å². The Morgan fingerprint density at radius 1 is 1.03 bits per heavy atom. The van der Waals surface area contributed by atoms with Gasteiger partial charge in [-0.25, -0.2) is 4.79 Å². The minimum atomic E-state index is -0.348. The van der Waals surface area contributed by atoms with E-state index < -0.39 is 0 Å². The molecule has 0 unspecified atom stereocenters. The van der Waals surface area contributed by atoms with Crippen LogP contribution in [0.4, 0.5) is 10.5 Å². The quantitative estimate of drug-likeness (QED) is 0.620. The first-order valence-corrected chi connectivity index (χ1v) is 11.9. The topological polar surface area (TPSA) is 79.4 Å². The standard InChI is InChI=1S/C25H27N3O5S/c1-4-33-25(31)28-13-11-27(12-14-28)23(29)18-7-10-21-20(16-18)26(2)24(30)22(34-21)15-17-5-8-19(32-3)9-6-17/h5-10,15-16H,4,11-14H2,1-3H3. The van der Waals surface area contributed by atoms with Crippen LogP contribution in [0.5, 0.6) is 5.75 Å². The molecule has 0 aromatic heterocycles. The fourth-order valence-electron chi connectivity index (χ4n) is 3.87. The van der Waals surface area contributed by atoms with Crippen molar-refractivity contribution >= 4 is 41.4 Å². The number of amides is 3. The van der Waals surface area contributed by atoms with Gasteiger partial charge in [-0.2, -0.15) is 0 Å². The van der Waals surface area contributed by atoms with E-state index >= 15 is 0 Å². The number of hydrogen-bond donors (Lipinski definition) is 0. The molecule has 4 rings (SSSR count). The summed E-state index contributed by atoms with van der Waals surface area (Å²) in [4.78, 5) is 44.4. The molecule has 2 aromatic rings. The lowest BCUT2D eigenvalue weighted by atomic mass is 10.1. The van der Waals surface area contributed by atoms with Gasteiger partial charge in [0.05, 0.1) is 24.3 Å². The number of rotatable bonds is 4. The van der Waals surface area contributed by atoms with Crippen LogP contribution >= 0.6 is 11.8 Å². The Labute approximate surface area is 203 Å². The molecule has 0 saturated carbocycles. The lowest BCUT2D eigenvalue weighted by Crippen LogP contribution is -2.50. The number of likely N-dealkylation sites (N-methyl/N-ethyl adjacent to an activating group) is 1. The fourth-order valence-corrected chi connectivity index (χ4v) is 4.96. The average Bonchev–Trinajstić information content (AvgIpc) is 2.87. The first-order valence-electron chi connectivity index (χ1n) is 11.1. The van der Waals surface area contributed by atoms with Crippen LogP contribution < -0.4 is 9.64 Å². The van der Waals surface area contributed by atoms with Crippen LogP contribution in [0.1, 0.15) is 22.8 Å². The van der Waals surface area contributed by atoms with Crippen LogP contribution in [0.3, 0.4) is 0 Å². The van der Waals surface area contributed by atoms with E-state index in [1.165, 1.54) is 11.8 Å². The van der Waals surface area contributed by atoms with Gasteiger partial charge in [-0.1, -0.05) is 23.9 Å². The lowest BCUT2D eigenvalue weighted by Gasteiger charge is -2.34. The predicted octanol–water partition coefficient (Wildman–Crippen LogP) is 3.72. The summed E-state index contributed by atoms with van der Waals surface area (Å²) in [7, 11) is 3.33. The third kappa shape index (κ3) is 4.89. The van der Waals surface area contributed by atoms with E-state index in [-0.39, 0.29) is 17.9 Å². The molecule has 2 aliphatic rings. The summed E-state index contributed by atoms with van der Waals surface area (Å²) in [5.41, 5.74) is 2.13. The smallest absolute Gasteiger partial charge is 0.409 e. The van der Waals surface area contributed by atoms with Gasteiger partial charge >= 0.3 is 6.09 Å². The first kappa shape index (κ1) is 23.7. The molecule has 8 nitrogen and oxygen atoms in total. The van der Waals surface area contributed by atoms with Crippen molar-refractivity contribution in [2.75, 3.05) is 51.8 Å². The van der Waals surface area contributed by atoms with Gasteiger partial charge in [0.25, 0.3) is 11.8 Å². The second-order valence-electron chi connectivity index (χ2n) is 7.91. The summed E-state index contributed by atoms with van der Waals surface area (Å²) in [6, 6.07) is 13.0. The Morgan fingerprint density at radius 3 is 2.35 bits per heavy atom. The molecule has 2 aliphatic heterocycles. The Morgan fingerprint density at radius 2 is 1.71 bits per heavy atom. The van der Waals surface area contributed by atoms with Gasteiger partial charge in [0, 0.05) is 43.7 Å². The molecule has 3 amide bonds. The maximum absolute atomic E-state index is 13.1. The molecule has 0 radical (unpaired) electrons. The Hall–Kier alpha value is -3.46. The number of anilines is 1. The number of carbonyl (C=O) groups excluding carboxylic acids is 3. The summed E-state index contributed by atoms with van der Waals surface area (Å²) in [6.07, 6.45) is 1.51. The van der Waals surface area contributed by atoms with E-state index in [9.17, 15) is 14.4 Å². The molecular weight excluding hydrogens is 454 g/mol. The predicted molar refractivity (Wildman–Crippen MR) is 131 cm³/mol. The molecule has 0 bridgehead atoms. The number of methoxy groups -OCH3 is 1. The molecule has 34 heavy (non-hydrogen) atoms. The van der Waals surface area contributed by atoms with Crippen molar-refractivity contribution in [2.45, 2.75) is 11.8 Å². The summed E-state index contributed by atoms with van der Waals surface area (Å²) in [6.45, 7) is 3.84. The van der Waals surface area contributed by atoms with Crippen molar-refractivity contribution < 1.29 is 23.9 Å². The molecule has 1 saturated heterocycles. The average molecular weight is 482 g/mol. The number of hydrogen-bond acceptors (Lipinski definition) is 6. The Bertz CT molecular complexity index is 1120. The van der Waals surface area contributed by atoms with Gasteiger partial charge in [-0.15, -0.1) is 0 Å². The van der Waals surface area contributed by atoms with Crippen LogP contribution in [0.25, 0.3) is 6.08 Å². The van der Waals surface area contributed by atoms with E-state index in [2.05, 4.69) is 0 Å². The number of fused-ring (bicyclic) bond motifs is 1. The van der Waals surface area contributed by atoms with Crippen molar-refractivity contribution in [3.05, 3.63) is 58.5 Å². The molecular formula is C25H27N3O5S. The van der Waals surface area contributed by atoms with Crippen molar-refractivity contribution in [1.82, 2.24) is 9.80 Å². The van der Waals surface area contributed by atoms with Crippen molar-refractivity contribution in [2.24, 2.45) is 0 Å². The maximum Gasteiger partial charge on any atom is 0.409 e. The number of piperazine rings is 1. The fraction of sp³-hybridized carbons (Fsp3) is 0.320. The number of benzene rings is 2. The normalized spacial score (nSPS) is 17.0. The zero-order valence-electron chi connectivity index (χ0n) is 19.4. The molecule has 178 valence electrons. The van der Waals surface area contributed by atoms with Gasteiger partial charge in [0.15, 0.2) is 0 Å². The first-order chi connectivity index (χ1) is 16.4. The molecule has 1 fully saturated rings. The molecule has 0 aliphatic carbocycles. The second kappa shape index (κ2) is 10.2. The second-order valence-corrected chi connectivity index (χ2v) is 8.99. The van der Waals surface area contributed by atoms with Crippen LogP contribution in [0.2, 0.25) is 0 Å². The van der Waals surface area contributed by atoms with Crippen molar-refractivity contribution in [3.8, 4) is 5.75 Å². The zero-order valence-corrected chi connectivity index (χ0v) is 20.3. The summed E-state index contributed by atoms with van der Waals surface area (Å²) in [5.74, 6) is 0.518. The maximum atomic E-state index is 13.1. The van der Waals surface area contributed by atoms with Gasteiger partial charge in [0.2, 0.25) is 0 Å². The van der Waals surface area contributed by atoms with Gasteiger partial charge in [0.1, 0.15) is 5.75 Å². The molecule has 0 N–H and O–H groups in total. The van der Waals surface area contributed by atoms with Crippen LogP contribution in [0.15, 0.2) is 52.3 Å². The van der Waals surface area contributed by atoms with Crippen molar-refractivity contribution in [3.63, 3.8) is 0 Å². The van der Waals surface area contributed by atoms with Gasteiger partial charge in [-0.05, 0) is 48.9 Å². The molecule has 0 spiro atoms. The van der Waals surface area contributed by atoms with E-state index in [1.807, 2.05) is 36.4 Å². The highest BCUT2D eigenvalue weighted by molar-refractivity contribution is 8.04. The van der Waals surface area contributed by atoms with E-state index in [0.717, 1.165) is 16.2 Å². The summed E-state index contributed by atoms with van der Waals surface area (Å²) in [5, 5.41) is 0. The minimum Gasteiger partial charge on any atom is -0.497 e. The van der Waals surface area contributed by atoms with Crippen LogP contribution in [0, 0.1) is 0 Å². The number of nitrogens with zero attached hydrogens (tertiary/aromatic N) is 3. The Kier molecular flexibility index (Phi) is 7.12. The third-order valence-corrected chi connectivity index (χ3v) is 6.89. The molecule has 9 heteroatoms. The number of carbonyl (C=O) groups is 3. The monoisotopic (exact) mass is 481 g/mol. The minimum absolute atomic E-state index is 0.114. The zero-order chi connectivity index (χ0) is 24.2. The highest BCUT2D eigenvalue weighted by Gasteiger charge is 2.29. The summed E-state index contributed by atoms with van der Waals surface area (Å²) < 4.78 is 10.2. The number of ether oxygens (including phenoxy) is 2. The molecule has 0 atom stereocenters. The number of thioether (sulfide) groups is 1. The van der Waals surface area contributed by atoms with E-state index in [4.69, 9.17) is 9.47 Å². The van der Waals surface area contributed by atoms with Gasteiger partial charge < -0.3 is 24.2 Å². The largest absolute Gasteiger partial charge is 0.497 e. The third-order valence-electron chi connectivity index (χ3n) is 5.81. The highest BCUT2D eigenvalue weighted by Crippen LogP contribution is 2.42. The Balaban J connectivity index is 1.48.